The van der Waals surface area contributed by atoms with Crippen LogP contribution < -0.4 is 5.73 Å². The number of nitrogens with two attached hydrogens (primary N) is 1. The molecule has 0 saturated heterocycles. The second-order valence-corrected chi connectivity index (χ2v) is 5.91. The molecule has 1 atom stereocenters. The Hall–Kier alpha value is -1.36. The molecule has 1 aliphatic heterocycles. The second kappa shape index (κ2) is 4.34. The van der Waals surface area contributed by atoms with Crippen molar-refractivity contribution >= 4 is 27.8 Å². The number of halogens is 1. The first-order chi connectivity index (χ1) is 9.11. The van der Waals surface area contributed by atoms with E-state index in [0.717, 1.165) is 29.3 Å². The summed E-state index contributed by atoms with van der Waals surface area (Å²) in [4.78, 5) is 17.9. The molecule has 1 unspecified atom stereocenters. The number of carbonyl (C=O) groups excluding carboxylic acids is 1. The van der Waals surface area contributed by atoms with Gasteiger partial charge in [0, 0.05) is 11.0 Å². The highest BCUT2D eigenvalue weighted by atomic mass is 79.9. The van der Waals surface area contributed by atoms with E-state index in [1.165, 1.54) is 5.56 Å². The van der Waals surface area contributed by atoms with Gasteiger partial charge in [0.25, 0.3) is 0 Å². The number of amidine groups is 1. The van der Waals surface area contributed by atoms with Crippen molar-refractivity contribution < 1.29 is 4.79 Å². The maximum Gasteiger partial charge on any atom is 0.346 e. The predicted octanol–water partition coefficient (Wildman–Crippen LogP) is 2.79. The van der Waals surface area contributed by atoms with Crippen LogP contribution in [-0.2, 0) is 12.0 Å². The van der Waals surface area contributed by atoms with Crippen molar-refractivity contribution in [3.8, 4) is 0 Å². The van der Waals surface area contributed by atoms with Gasteiger partial charge in [-0.25, -0.2) is 4.79 Å². The summed E-state index contributed by atoms with van der Waals surface area (Å²) in [5.74, 6) is 0.447. The molecule has 2 N–H and O–H groups in total. The summed E-state index contributed by atoms with van der Waals surface area (Å²) in [6, 6.07) is 5.89. The molecule has 100 valence electrons. The van der Waals surface area contributed by atoms with Gasteiger partial charge in [-0.1, -0.05) is 35.0 Å². The van der Waals surface area contributed by atoms with Gasteiger partial charge in [0.05, 0.1) is 0 Å². The third kappa shape index (κ3) is 1.57. The predicted molar refractivity (Wildman–Crippen MR) is 78.2 cm³/mol. The summed E-state index contributed by atoms with van der Waals surface area (Å²) < 4.78 is 1.09. The summed E-state index contributed by atoms with van der Waals surface area (Å²) >= 11 is 3.59. The lowest BCUT2D eigenvalue weighted by molar-refractivity contribution is 0.170. The molecule has 2 aliphatic rings. The number of rotatable bonds is 2. The lowest BCUT2D eigenvalue weighted by atomic mass is 9.89. The van der Waals surface area contributed by atoms with Crippen molar-refractivity contribution in [2.45, 2.75) is 31.7 Å². The Morgan fingerprint density at radius 1 is 1.53 bits per heavy atom. The fourth-order valence-corrected chi connectivity index (χ4v) is 3.82. The number of aliphatic imine (C=N–C) groups is 1. The summed E-state index contributed by atoms with van der Waals surface area (Å²) in [7, 11) is 0. The van der Waals surface area contributed by atoms with Gasteiger partial charge in [0.2, 0.25) is 0 Å². The minimum Gasteiger partial charge on any atom is -0.385 e. The van der Waals surface area contributed by atoms with E-state index in [4.69, 9.17) is 5.73 Å². The molecule has 5 heteroatoms. The average Bonchev–Trinajstić information content (AvgIpc) is 2.87. The Morgan fingerprint density at radius 2 is 2.32 bits per heavy atom. The normalized spacial score (nSPS) is 25.1. The van der Waals surface area contributed by atoms with Crippen LogP contribution in [0.25, 0.3) is 0 Å². The average molecular weight is 322 g/mol. The van der Waals surface area contributed by atoms with Gasteiger partial charge in [0.15, 0.2) is 0 Å². The van der Waals surface area contributed by atoms with Crippen molar-refractivity contribution in [2.24, 2.45) is 10.7 Å². The highest BCUT2D eigenvalue weighted by Crippen LogP contribution is 2.46. The number of carbonyl (C=O) groups is 1. The van der Waals surface area contributed by atoms with Gasteiger partial charge in [0.1, 0.15) is 11.4 Å². The number of hydrogen-bond acceptors (Lipinski definition) is 2. The molecule has 19 heavy (non-hydrogen) atoms. The summed E-state index contributed by atoms with van der Waals surface area (Å²) in [5.41, 5.74) is 7.99. The number of nitrogens with zero attached hydrogens (tertiary/aromatic N) is 2. The van der Waals surface area contributed by atoms with Gasteiger partial charge in [-0.05, 0) is 36.5 Å². The van der Waals surface area contributed by atoms with E-state index in [2.05, 4.69) is 33.9 Å². The van der Waals surface area contributed by atoms with Crippen LogP contribution in [0.4, 0.5) is 4.79 Å². The molecule has 3 rings (SSSR count). The zero-order valence-corrected chi connectivity index (χ0v) is 12.4. The molecule has 4 nitrogen and oxygen atoms in total. The zero-order valence-electron chi connectivity index (χ0n) is 10.8. The minimum absolute atomic E-state index is 0.202. The minimum atomic E-state index is -0.508. The SMILES string of the molecule is CCCN1C(=O)N=C(N)C12CCc1c(Br)cccc12. The fourth-order valence-electron chi connectivity index (χ4n) is 3.25. The summed E-state index contributed by atoms with van der Waals surface area (Å²) in [5, 5.41) is 0. The lowest BCUT2D eigenvalue weighted by Crippen LogP contribution is -2.50. The third-order valence-electron chi connectivity index (χ3n) is 4.08. The number of benzene rings is 1. The van der Waals surface area contributed by atoms with Crippen LogP contribution in [0.5, 0.6) is 0 Å². The number of amides is 2. The van der Waals surface area contributed by atoms with Crippen LogP contribution in [0.2, 0.25) is 0 Å². The van der Waals surface area contributed by atoms with Crippen molar-refractivity contribution in [3.63, 3.8) is 0 Å². The van der Waals surface area contributed by atoms with Crippen LogP contribution in [0.1, 0.15) is 30.9 Å². The van der Waals surface area contributed by atoms with E-state index in [0.29, 0.717) is 12.4 Å². The Kier molecular flexibility index (Phi) is 2.89. The Bertz CT molecular complexity index is 584. The van der Waals surface area contributed by atoms with Gasteiger partial charge in [-0.2, -0.15) is 4.99 Å². The summed E-state index contributed by atoms with van der Waals surface area (Å²) in [6.45, 7) is 2.75. The first kappa shape index (κ1) is 12.7. The van der Waals surface area contributed by atoms with E-state index < -0.39 is 5.54 Å². The molecule has 0 radical (unpaired) electrons. The molecule has 1 aromatic rings. The number of urea groups is 1. The molecule has 1 aliphatic carbocycles. The molecule has 2 amide bonds. The maximum atomic E-state index is 12.1. The first-order valence-electron chi connectivity index (χ1n) is 6.55. The number of hydrogen-bond donors (Lipinski definition) is 1. The maximum absolute atomic E-state index is 12.1. The van der Waals surface area contributed by atoms with Crippen molar-refractivity contribution in [1.29, 1.82) is 0 Å². The van der Waals surface area contributed by atoms with E-state index in [-0.39, 0.29) is 6.03 Å². The fraction of sp³-hybridized carbons (Fsp3) is 0.429. The van der Waals surface area contributed by atoms with Crippen LogP contribution in [-0.4, -0.2) is 23.3 Å². The smallest absolute Gasteiger partial charge is 0.346 e. The molecule has 0 fully saturated rings. The van der Waals surface area contributed by atoms with Crippen molar-refractivity contribution in [2.75, 3.05) is 6.54 Å². The molecular weight excluding hydrogens is 306 g/mol. The molecule has 0 bridgehead atoms. The van der Waals surface area contributed by atoms with Crippen LogP contribution in [0.15, 0.2) is 27.7 Å². The largest absolute Gasteiger partial charge is 0.385 e. The van der Waals surface area contributed by atoms with E-state index in [9.17, 15) is 4.79 Å². The van der Waals surface area contributed by atoms with E-state index >= 15 is 0 Å². The zero-order chi connectivity index (χ0) is 13.6. The molecular formula is C14H16BrN3O. The third-order valence-corrected chi connectivity index (χ3v) is 4.82. The Labute approximate surface area is 120 Å². The molecule has 1 spiro atoms. The Morgan fingerprint density at radius 3 is 3.05 bits per heavy atom. The Balaban J connectivity index is 2.17. The summed E-state index contributed by atoms with van der Waals surface area (Å²) in [6.07, 6.45) is 2.64. The molecule has 1 heterocycles. The highest BCUT2D eigenvalue weighted by molar-refractivity contribution is 9.10. The molecule has 1 aromatic carbocycles. The van der Waals surface area contributed by atoms with Crippen molar-refractivity contribution in [3.05, 3.63) is 33.8 Å². The molecule has 0 aromatic heterocycles. The van der Waals surface area contributed by atoms with E-state index in [1.807, 2.05) is 17.0 Å². The van der Waals surface area contributed by atoms with Crippen molar-refractivity contribution in [1.82, 2.24) is 4.90 Å². The first-order valence-corrected chi connectivity index (χ1v) is 7.34. The van der Waals surface area contributed by atoms with Crippen LogP contribution >= 0.6 is 15.9 Å². The standard InChI is InChI=1S/C14H16BrN3O/c1-2-8-18-13(19)17-12(16)14(18)7-6-9-10(14)4-3-5-11(9)15/h3-5H,2,6-8H2,1H3,(H2,16,17,19). The van der Waals surface area contributed by atoms with Gasteiger partial charge in [-0.15, -0.1) is 0 Å². The quantitative estimate of drug-likeness (QED) is 0.910. The van der Waals surface area contributed by atoms with Gasteiger partial charge < -0.3 is 10.6 Å². The van der Waals surface area contributed by atoms with Crippen LogP contribution in [0, 0.1) is 0 Å². The van der Waals surface area contributed by atoms with E-state index in [1.54, 1.807) is 0 Å². The number of fused-ring (bicyclic) bond motifs is 2. The second-order valence-electron chi connectivity index (χ2n) is 5.06. The van der Waals surface area contributed by atoms with Crippen LogP contribution in [0.3, 0.4) is 0 Å². The molecule has 0 saturated carbocycles. The topological polar surface area (TPSA) is 58.7 Å². The highest BCUT2D eigenvalue weighted by Gasteiger charge is 2.53. The lowest BCUT2D eigenvalue weighted by Gasteiger charge is -2.35. The monoisotopic (exact) mass is 321 g/mol. The van der Waals surface area contributed by atoms with Gasteiger partial charge in [-0.3, -0.25) is 0 Å². The van der Waals surface area contributed by atoms with Gasteiger partial charge >= 0.3 is 6.03 Å².